The van der Waals surface area contributed by atoms with Gasteiger partial charge in [-0.25, -0.2) is 0 Å². The monoisotopic (exact) mass is 869 g/mol. The molecule has 6 nitrogen and oxygen atoms in total. The Kier molecular flexibility index (Phi) is 41.1. The Labute approximate surface area is 376 Å². The minimum Gasteiger partial charge on any atom is -0.465 e. The summed E-state index contributed by atoms with van der Waals surface area (Å²) in [5.74, 6) is 2.23. The zero-order chi connectivity index (χ0) is 42.9. The number of likely N-dealkylation sites (tertiary alicyclic amines) is 1. The summed E-state index contributed by atoms with van der Waals surface area (Å²) in [6, 6.07) is 0.737. The molecule has 1 rings (SSSR count). The predicted octanol–water partition coefficient (Wildman–Crippen LogP) is 14.8. The second kappa shape index (κ2) is 42.8. The molecule has 0 radical (unpaired) electrons. The van der Waals surface area contributed by atoms with Crippen LogP contribution in [0.25, 0.3) is 0 Å². The Morgan fingerprint density at radius 1 is 0.525 bits per heavy atom. The van der Waals surface area contributed by atoms with Crippen LogP contribution in [0.3, 0.4) is 0 Å². The third-order valence-corrected chi connectivity index (χ3v) is 15.2. The molecule has 0 spiro atoms. The average Bonchev–Trinajstić information content (AvgIpc) is 3.66. The number of hydrogen-bond acceptors (Lipinski definition) is 8. The standard InChI is InChI=1S/C51H100N2O4S2/c1-6-10-14-16-18-20-26-32-45-58-48(36-12-8-3)50(54)56-43-30-24-22-28-40-53(42-38-47-35-34-39-52(47)5)41-29-23-25-31-44-57-51(55)49(37-13-9-4)59-46-33-27-21-19-17-15-11-7-2/h47-49H,6-46H2,1-5H3. The van der Waals surface area contributed by atoms with Crippen LogP contribution in [0.15, 0.2) is 0 Å². The lowest BCUT2D eigenvalue weighted by Crippen LogP contribution is -2.33. The number of carbonyl (C=O) groups is 2. The number of hydrogen-bond donors (Lipinski definition) is 0. The van der Waals surface area contributed by atoms with Crippen molar-refractivity contribution >= 4 is 35.5 Å². The second-order valence-electron chi connectivity index (χ2n) is 18.0. The molecule has 1 heterocycles. The summed E-state index contributed by atoms with van der Waals surface area (Å²) in [5, 5.41) is 0.0337. The first kappa shape index (κ1) is 56.6. The molecule has 0 aromatic rings. The Hall–Kier alpha value is -0.440. The topological polar surface area (TPSA) is 59.1 Å². The van der Waals surface area contributed by atoms with Crippen molar-refractivity contribution in [3.63, 3.8) is 0 Å². The largest absolute Gasteiger partial charge is 0.465 e. The molecule has 0 N–H and O–H groups in total. The minimum absolute atomic E-state index is 0.0169. The van der Waals surface area contributed by atoms with Crippen molar-refractivity contribution < 1.29 is 19.1 Å². The first-order chi connectivity index (χ1) is 29.0. The third-order valence-electron chi connectivity index (χ3n) is 12.5. The number of esters is 2. The number of thioether (sulfide) groups is 2. The van der Waals surface area contributed by atoms with Crippen LogP contribution < -0.4 is 0 Å². The molecular weight excluding hydrogens is 769 g/mol. The zero-order valence-electron chi connectivity index (χ0n) is 40.1. The number of rotatable bonds is 45. The van der Waals surface area contributed by atoms with E-state index >= 15 is 0 Å². The van der Waals surface area contributed by atoms with Crippen LogP contribution in [0, 0.1) is 0 Å². The maximum Gasteiger partial charge on any atom is 0.319 e. The lowest BCUT2D eigenvalue weighted by atomic mass is 10.1. The van der Waals surface area contributed by atoms with E-state index in [1.165, 1.54) is 161 Å². The molecule has 0 aliphatic carbocycles. The second-order valence-corrected chi connectivity index (χ2v) is 20.6. The molecule has 1 aliphatic heterocycles. The van der Waals surface area contributed by atoms with Gasteiger partial charge < -0.3 is 19.3 Å². The van der Waals surface area contributed by atoms with Gasteiger partial charge in [0, 0.05) is 6.04 Å². The summed E-state index contributed by atoms with van der Waals surface area (Å²) < 4.78 is 11.7. The van der Waals surface area contributed by atoms with Gasteiger partial charge in [0.2, 0.25) is 0 Å². The van der Waals surface area contributed by atoms with Gasteiger partial charge in [-0.15, -0.1) is 23.5 Å². The van der Waals surface area contributed by atoms with Gasteiger partial charge in [0.25, 0.3) is 0 Å². The molecule has 0 saturated carbocycles. The quantitative estimate of drug-likeness (QED) is 0.0443. The van der Waals surface area contributed by atoms with Crippen molar-refractivity contribution in [3.8, 4) is 0 Å². The molecule has 350 valence electrons. The first-order valence-corrected chi connectivity index (χ1v) is 28.0. The van der Waals surface area contributed by atoms with Crippen molar-refractivity contribution in [2.45, 2.75) is 256 Å². The van der Waals surface area contributed by atoms with E-state index < -0.39 is 0 Å². The lowest BCUT2D eigenvalue weighted by molar-refractivity contribution is -0.144. The van der Waals surface area contributed by atoms with E-state index in [1.807, 2.05) is 23.5 Å². The zero-order valence-corrected chi connectivity index (χ0v) is 41.7. The van der Waals surface area contributed by atoms with E-state index in [0.29, 0.717) is 13.2 Å². The number of carbonyl (C=O) groups excluding carboxylic acids is 2. The van der Waals surface area contributed by atoms with Crippen LogP contribution in [-0.2, 0) is 19.1 Å². The molecule has 3 atom stereocenters. The molecule has 59 heavy (non-hydrogen) atoms. The van der Waals surface area contributed by atoms with Crippen LogP contribution in [0.4, 0.5) is 0 Å². The molecule has 3 unspecified atom stereocenters. The van der Waals surface area contributed by atoms with E-state index in [-0.39, 0.29) is 22.4 Å². The summed E-state index contributed by atoms with van der Waals surface area (Å²) in [5.41, 5.74) is 0. The normalized spacial score (nSPS) is 15.6. The lowest BCUT2D eigenvalue weighted by Gasteiger charge is -2.26. The Balaban J connectivity index is 2.31. The van der Waals surface area contributed by atoms with Gasteiger partial charge >= 0.3 is 11.9 Å². The highest BCUT2D eigenvalue weighted by Gasteiger charge is 2.22. The predicted molar refractivity (Wildman–Crippen MR) is 262 cm³/mol. The van der Waals surface area contributed by atoms with Crippen LogP contribution in [0.5, 0.6) is 0 Å². The Morgan fingerprint density at radius 3 is 1.32 bits per heavy atom. The van der Waals surface area contributed by atoms with Gasteiger partial charge in [0.1, 0.15) is 10.5 Å². The fourth-order valence-electron chi connectivity index (χ4n) is 8.37. The number of nitrogens with zero attached hydrogens (tertiary/aromatic N) is 2. The molecule has 0 amide bonds. The van der Waals surface area contributed by atoms with Crippen molar-refractivity contribution in [1.82, 2.24) is 9.80 Å². The minimum atomic E-state index is 0.0169. The highest BCUT2D eigenvalue weighted by Crippen LogP contribution is 2.24. The van der Waals surface area contributed by atoms with Crippen LogP contribution in [0.2, 0.25) is 0 Å². The Bertz CT molecular complexity index is 866. The molecule has 0 aromatic heterocycles. The van der Waals surface area contributed by atoms with E-state index in [4.69, 9.17) is 9.47 Å². The first-order valence-electron chi connectivity index (χ1n) is 26.0. The van der Waals surface area contributed by atoms with Crippen LogP contribution >= 0.6 is 23.5 Å². The average molecular weight is 870 g/mol. The summed E-state index contributed by atoms with van der Waals surface area (Å²) in [6.45, 7) is 14.9. The van der Waals surface area contributed by atoms with Gasteiger partial charge in [-0.05, 0) is 115 Å². The fraction of sp³-hybridized carbons (Fsp3) is 0.961. The highest BCUT2D eigenvalue weighted by molar-refractivity contribution is 8.00. The summed E-state index contributed by atoms with van der Waals surface area (Å²) >= 11 is 3.70. The van der Waals surface area contributed by atoms with Gasteiger partial charge in [-0.2, -0.15) is 0 Å². The number of ether oxygens (including phenoxy) is 2. The van der Waals surface area contributed by atoms with E-state index in [9.17, 15) is 9.59 Å². The van der Waals surface area contributed by atoms with Crippen molar-refractivity contribution in [1.29, 1.82) is 0 Å². The third kappa shape index (κ3) is 33.7. The van der Waals surface area contributed by atoms with Crippen molar-refractivity contribution in [2.24, 2.45) is 0 Å². The molecule has 1 fully saturated rings. The molecule has 8 heteroatoms. The molecule has 0 bridgehead atoms. The molecule has 1 saturated heterocycles. The molecule has 0 aromatic carbocycles. The molecule has 1 aliphatic rings. The number of unbranched alkanes of at least 4 members (excludes halogenated alkanes) is 22. The van der Waals surface area contributed by atoms with E-state index in [0.717, 1.165) is 94.8 Å². The van der Waals surface area contributed by atoms with Crippen molar-refractivity contribution in [3.05, 3.63) is 0 Å². The maximum atomic E-state index is 13.0. The van der Waals surface area contributed by atoms with Gasteiger partial charge in [0.15, 0.2) is 0 Å². The maximum absolute atomic E-state index is 13.0. The summed E-state index contributed by atoms with van der Waals surface area (Å²) in [4.78, 5) is 31.2. The van der Waals surface area contributed by atoms with Gasteiger partial charge in [0.05, 0.1) is 13.2 Å². The van der Waals surface area contributed by atoms with Crippen LogP contribution in [0.1, 0.15) is 240 Å². The van der Waals surface area contributed by atoms with Crippen molar-refractivity contribution in [2.75, 3.05) is 57.9 Å². The van der Waals surface area contributed by atoms with Crippen LogP contribution in [-0.4, -0.2) is 96.2 Å². The van der Waals surface area contributed by atoms with Gasteiger partial charge in [-0.3, -0.25) is 9.59 Å². The summed E-state index contributed by atoms with van der Waals surface area (Å²) in [6.07, 6.45) is 40.7. The molecular formula is C51H100N2O4S2. The Morgan fingerprint density at radius 2 is 0.915 bits per heavy atom. The highest BCUT2D eigenvalue weighted by atomic mass is 32.2. The van der Waals surface area contributed by atoms with E-state index in [1.54, 1.807) is 0 Å². The SMILES string of the molecule is CCCCCCCCCCSC(CCCC)C(=O)OCCCCCCN(CCCCCCOC(=O)C(CCCC)SCCCCCCCCCC)CCC1CCCN1C. The van der Waals surface area contributed by atoms with E-state index in [2.05, 4.69) is 44.5 Å². The fourth-order valence-corrected chi connectivity index (χ4v) is 10.8. The summed E-state index contributed by atoms with van der Waals surface area (Å²) in [7, 11) is 2.30. The van der Waals surface area contributed by atoms with Gasteiger partial charge in [-0.1, -0.05) is 169 Å². The smallest absolute Gasteiger partial charge is 0.319 e.